The summed E-state index contributed by atoms with van der Waals surface area (Å²) in [6.07, 6.45) is 2.47. The summed E-state index contributed by atoms with van der Waals surface area (Å²) in [5, 5.41) is 20.5. The Hall–Kier alpha value is -1.12. The number of fused-ring (bicyclic) bond motifs is 3. The highest BCUT2D eigenvalue weighted by Crippen LogP contribution is 2.54. The fourth-order valence-corrected chi connectivity index (χ4v) is 4.52. The Bertz CT molecular complexity index is 614. The van der Waals surface area contributed by atoms with E-state index >= 15 is 0 Å². The highest BCUT2D eigenvalue weighted by molar-refractivity contribution is 5.46. The second-order valence-corrected chi connectivity index (χ2v) is 7.69. The Morgan fingerprint density at radius 1 is 1.32 bits per heavy atom. The number of benzene rings is 1. The zero-order valence-corrected chi connectivity index (χ0v) is 14.2. The Morgan fingerprint density at radius 3 is 2.68 bits per heavy atom. The van der Waals surface area contributed by atoms with Gasteiger partial charge in [-0.15, -0.1) is 0 Å². The van der Waals surface area contributed by atoms with E-state index in [9.17, 15) is 10.2 Å². The maximum Gasteiger partial charge on any atom is 0.0799 e. The Balaban J connectivity index is 2.13. The van der Waals surface area contributed by atoms with E-state index in [1.165, 1.54) is 16.7 Å². The van der Waals surface area contributed by atoms with Crippen LogP contribution in [-0.4, -0.2) is 16.8 Å². The summed E-state index contributed by atoms with van der Waals surface area (Å²) in [4.78, 5) is 0. The Kier molecular flexibility index (Phi) is 3.94. The molecule has 2 N–H and O–H groups in total. The van der Waals surface area contributed by atoms with Crippen LogP contribution in [0.3, 0.4) is 0 Å². The molecule has 3 atom stereocenters. The predicted molar refractivity (Wildman–Crippen MR) is 90.0 cm³/mol. The topological polar surface area (TPSA) is 40.5 Å². The molecule has 0 spiro atoms. The van der Waals surface area contributed by atoms with Gasteiger partial charge in [0.15, 0.2) is 0 Å². The minimum Gasteiger partial charge on any atom is -0.392 e. The van der Waals surface area contributed by atoms with Gasteiger partial charge in [-0.05, 0) is 65.7 Å². The van der Waals surface area contributed by atoms with Crippen molar-refractivity contribution in [3.8, 4) is 0 Å². The van der Waals surface area contributed by atoms with E-state index in [1.807, 2.05) is 0 Å². The lowest BCUT2D eigenvalue weighted by atomic mass is 9.56. The lowest BCUT2D eigenvalue weighted by Gasteiger charge is -2.49. The van der Waals surface area contributed by atoms with Gasteiger partial charge in [0.05, 0.1) is 12.7 Å². The van der Waals surface area contributed by atoms with Crippen LogP contribution in [-0.2, 0) is 5.41 Å². The molecule has 120 valence electrons. The van der Waals surface area contributed by atoms with Crippen molar-refractivity contribution in [1.29, 1.82) is 0 Å². The first-order valence-electron chi connectivity index (χ1n) is 8.50. The van der Waals surface area contributed by atoms with Crippen LogP contribution in [0.15, 0.2) is 29.3 Å². The molecule has 0 amide bonds. The number of hydrogen-bond acceptors (Lipinski definition) is 2. The maximum atomic E-state index is 10.7. The third-order valence-electron chi connectivity index (χ3n) is 6.10. The van der Waals surface area contributed by atoms with Crippen LogP contribution in [0.1, 0.15) is 75.7 Å². The zero-order chi connectivity index (χ0) is 16.1. The largest absolute Gasteiger partial charge is 0.392 e. The molecule has 3 rings (SSSR count). The van der Waals surface area contributed by atoms with Crippen LogP contribution in [0.25, 0.3) is 0 Å². The van der Waals surface area contributed by atoms with Gasteiger partial charge in [0.25, 0.3) is 0 Å². The summed E-state index contributed by atoms with van der Waals surface area (Å²) < 4.78 is 0. The van der Waals surface area contributed by atoms with Gasteiger partial charge in [-0.25, -0.2) is 0 Å². The molecule has 22 heavy (non-hydrogen) atoms. The van der Waals surface area contributed by atoms with Crippen LogP contribution in [0.5, 0.6) is 0 Å². The molecule has 0 aromatic heterocycles. The lowest BCUT2D eigenvalue weighted by molar-refractivity contribution is 0.0940. The molecule has 2 aliphatic rings. The molecule has 0 heterocycles. The van der Waals surface area contributed by atoms with E-state index in [4.69, 9.17) is 0 Å². The van der Waals surface area contributed by atoms with Gasteiger partial charge in [0.1, 0.15) is 0 Å². The van der Waals surface area contributed by atoms with Crippen molar-refractivity contribution < 1.29 is 10.2 Å². The summed E-state index contributed by atoms with van der Waals surface area (Å²) in [6, 6.07) is 6.65. The van der Waals surface area contributed by atoms with E-state index in [0.717, 1.165) is 30.4 Å². The quantitative estimate of drug-likeness (QED) is 0.803. The van der Waals surface area contributed by atoms with Crippen LogP contribution in [0.4, 0.5) is 0 Å². The molecule has 0 bridgehead atoms. The lowest BCUT2D eigenvalue weighted by Crippen LogP contribution is -2.42. The van der Waals surface area contributed by atoms with Crippen molar-refractivity contribution in [3.63, 3.8) is 0 Å². The van der Waals surface area contributed by atoms with Gasteiger partial charge < -0.3 is 10.2 Å². The second-order valence-electron chi connectivity index (χ2n) is 7.69. The number of hydrogen-bond donors (Lipinski definition) is 2. The van der Waals surface area contributed by atoms with E-state index in [2.05, 4.69) is 45.9 Å². The average molecular weight is 300 g/mol. The molecular weight excluding hydrogens is 272 g/mol. The van der Waals surface area contributed by atoms with Gasteiger partial charge in [-0.1, -0.05) is 44.5 Å². The molecule has 2 aliphatic carbocycles. The summed E-state index contributed by atoms with van der Waals surface area (Å²) in [5.41, 5.74) is 6.22. The van der Waals surface area contributed by atoms with Crippen molar-refractivity contribution in [2.45, 2.75) is 64.4 Å². The fourth-order valence-electron chi connectivity index (χ4n) is 4.52. The molecule has 0 radical (unpaired) electrons. The SMILES string of the molecule is CC1=C(CO)C2CC(O)c3cc(C(C)C)ccc3C2(C)CC1. The normalized spacial score (nSPS) is 31.2. The van der Waals surface area contributed by atoms with E-state index in [0.29, 0.717) is 5.92 Å². The first-order chi connectivity index (χ1) is 10.4. The molecule has 2 heteroatoms. The number of rotatable bonds is 2. The molecule has 3 unspecified atom stereocenters. The highest BCUT2D eigenvalue weighted by atomic mass is 16.3. The second kappa shape index (κ2) is 5.50. The molecule has 0 saturated heterocycles. The van der Waals surface area contributed by atoms with Gasteiger partial charge in [-0.2, -0.15) is 0 Å². The van der Waals surface area contributed by atoms with Gasteiger partial charge in [-0.3, -0.25) is 0 Å². The first kappa shape index (κ1) is 15.8. The number of aliphatic hydroxyl groups excluding tert-OH is 2. The maximum absolute atomic E-state index is 10.7. The molecule has 1 aromatic carbocycles. The minimum atomic E-state index is -0.417. The summed E-state index contributed by atoms with van der Waals surface area (Å²) >= 11 is 0. The monoisotopic (exact) mass is 300 g/mol. The van der Waals surface area contributed by atoms with E-state index < -0.39 is 6.10 Å². The smallest absolute Gasteiger partial charge is 0.0799 e. The molecule has 1 aromatic rings. The van der Waals surface area contributed by atoms with Crippen molar-refractivity contribution >= 4 is 0 Å². The Labute approximate surface area is 133 Å². The molecule has 0 aliphatic heterocycles. The van der Waals surface area contributed by atoms with E-state index in [1.54, 1.807) is 0 Å². The van der Waals surface area contributed by atoms with Crippen molar-refractivity contribution in [2.24, 2.45) is 5.92 Å². The third kappa shape index (κ3) is 2.24. The average Bonchev–Trinajstić information content (AvgIpc) is 2.49. The van der Waals surface area contributed by atoms with Crippen molar-refractivity contribution in [2.75, 3.05) is 6.61 Å². The summed E-state index contributed by atoms with van der Waals surface area (Å²) in [5.74, 6) is 0.739. The number of aliphatic hydroxyl groups is 2. The standard InChI is InChI=1S/C20H28O2/c1-12(2)14-5-6-17-15(9-14)19(22)10-18-16(11-21)13(3)7-8-20(17,18)4/h5-6,9,12,18-19,21-22H,7-8,10-11H2,1-4H3. The fraction of sp³-hybridized carbons (Fsp3) is 0.600. The molecule has 0 fully saturated rings. The van der Waals surface area contributed by atoms with Crippen molar-refractivity contribution in [1.82, 2.24) is 0 Å². The van der Waals surface area contributed by atoms with Crippen LogP contribution in [0, 0.1) is 5.92 Å². The van der Waals surface area contributed by atoms with Gasteiger partial charge in [0, 0.05) is 0 Å². The molecule has 2 nitrogen and oxygen atoms in total. The zero-order valence-electron chi connectivity index (χ0n) is 14.2. The highest BCUT2D eigenvalue weighted by Gasteiger charge is 2.46. The Morgan fingerprint density at radius 2 is 2.05 bits per heavy atom. The minimum absolute atomic E-state index is 0.0433. The van der Waals surface area contributed by atoms with Crippen LogP contribution >= 0.6 is 0 Å². The van der Waals surface area contributed by atoms with Crippen LogP contribution < -0.4 is 0 Å². The molecular formula is C20H28O2. The summed E-state index contributed by atoms with van der Waals surface area (Å²) in [7, 11) is 0. The summed E-state index contributed by atoms with van der Waals surface area (Å²) in [6.45, 7) is 8.96. The molecule has 0 saturated carbocycles. The third-order valence-corrected chi connectivity index (χ3v) is 6.10. The van der Waals surface area contributed by atoms with Crippen molar-refractivity contribution in [3.05, 3.63) is 46.0 Å². The van der Waals surface area contributed by atoms with Gasteiger partial charge in [0.2, 0.25) is 0 Å². The van der Waals surface area contributed by atoms with E-state index in [-0.39, 0.29) is 17.9 Å². The number of allylic oxidation sites excluding steroid dienone is 1. The van der Waals surface area contributed by atoms with Crippen LogP contribution in [0.2, 0.25) is 0 Å². The first-order valence-corrected chi connectivity index (χ1v) is 8.50. The van der Waals surface area contributed by atoms with Gasteiger partial charge >= 0.3 is 0 Å². The predicted octanol–water partition coefficient (Wildman–Crippen LogP) is 4.22.